The maximum Gasteiger partial charge on any atom is 0.150 e. The third-order valence-corrected chi connectivity index (χ3v) is 5.16. The third-order valence-electron chi connectivity index (χ3n) is 3.33. The molecule has 1 aromatic carbocycles. The number of hydrogen-bond donors (Lipinski definition) is 1. The van der Waals surface area contributed by atoms with Crippen molar-refractivity contribution in [2.75, 3.05) is 11.5 Å². The van der Waals surface area contributed by atoms with Crippen LogP contribution in [0.2, 0.25) is 0 Å². The first-order valence-corrected chi connectivity index (χ1v) is 8.00. The van der Waals surface area contributed by atoms with E-state index >= 15 is 0 Å². The van der Waals surface area contributed by atoms with Crippen LogP contribution in [0.3, 0.4) is 0 Å². The number of hydrogen-bond acceptors (Lipinski definition) is 3. The topological polar surface area (TPSA) is 54.4 Å². The lowest BCUT2D eigenvalue weighted by Crippen LogP contribution is -2.17. The van der Waals surface area contributed by atoms with Crippen LogP contribution >= 0.6 is 0 Å². The molecule has 0 radical (unpaired) electrons. The maximum atomic E-state index is 13.0. The van der Waals surface area contributed by atoms with E-state index in [1.165, 1.54) is 12.1 Å². The molecule has 0 bridgehead atoms. The van der Waals surface area contributed by atoms with E-state index in [1.807, 2.05) is 0 Å². The van der Waals surface area contributed by atoms with Gasteiger partial charge in [0.25, 0.3) is 0 Å². The molecule has 0 saturated carbocycles. The Morgan fingerprint density at radius 3 is 2.42 bits per heavy atom. The molecule has 1 aliphatic heterocycles. The molecule has 1 N–H and O–H groups in total. The first-order chi connectivity index (χ1) is 8.84. The number of sulfone groups is 1. The monoisotopic (exact) mass is 290 g/mol. The van der Waals surface area contributed by atoms with E-state index in [4.69, 9.17) is 0 Å². The van der Waals surface area contributed by atoms with E-state index in [2.05, 4.69) is 0 Å². The second-order valence-corrected chi connectivity index (χ2v) is 7.37. The van der Waals surface area contributed by atoms with Crippen LogP contribution < -0.4 is 0 Å². The van der Waals surface area contributed by atoms with Crippen LogP contribution in [-0.4, -0.2) is 31.1 Å². The van der Waals surface area contributed by atoms with Gasteiger partial charge in [0, 0.05) is 6.07 Å². The number of aliphatic hydroxyl groups is 1. The molecule has 1 aromatic rings. The Morgan fingerprint density at radius 2 is 1.89 bits per heavy atom. The summed E-state index contributed by atoms with van der Waals surface area (Å²) in [6.45, 7) is 0. The molecule has 0 aliphatic carbocycles. The van der Waals surface area contributed by atoms with Crippen LogP contribution in [0.4, 0.5) is 8.78 Å². The van der Waals surface area contributed by atoms with E-state index in [0.717, 1.165) is 6.07 Å². The van der Waals surface area contributed by atoms with Crippen LogP contribution in [0.15, 0.2) is 18.2 Å². The molecular weight excluding hydrogens is 274 g/mol. The standard InChI is InChI=1S/C13H16F2O3S/c14-11-3-10(4-12(15)7-11)6-13(16)5-9-1-2-19(17,18)8-9/h3-4,7,9,13,16H,1-2,5-6,8H2. The molecule has 1 saturated heterocycles. The lowest BCUT2D eigenvalue weighted by atomic mass is 9.96. The second kappa shape index (κ2) is 5.54. The average molecular weight is 290 g/mol. The van der Waals surface area contributed by atoms with Gasteiger partial charge in [0.1, 0.15) is 11.6 Å². The molecule has 2 rings (SSSR count). The number of benzene rings is 1. The highest BCUT2D eigenvalue weighted by Gasteiger charge is 2.29. The molecule has 6 heteroatoms. The van der Waals surface area contributed by atoms with E-state index in [-0.39, 0.29) is 23.8 Å². The summed E-state index contributed by atoms with van der Waals surface area (Å²) in [4.78, 5) is 0. The zero-order valence-corrected chi connectivity index (χ0v) is 11.2. The van der Waals surface area contributed by atoms with Gasteiger partial charge in [-0.3, -0.25) is 0 Å². The second-order valence-electron chi connectivity index (χ2n) is 5.14. The molecule has 2 unspecified atom stereocenters. The Kier molecular flexibility index (Phi) is 4.20. The SMILES string of the molecule is O=S1(=O)CCC(CC(O)Cc2cc(F)cc(F)c2)C1. The van der Waals surface area contributed by atoms with E-state index in [0.29, 0.717) is 18.4 Å². The highest BCUT2D eigenvalue weighted by Crippen LogP contribution is 2.24. The minimum absolute atomic E-state index is 0.0570. The fraction of sp³-hybridized carbons (Fsp3) is 0.538. The van der Waals surface area contributed by atoms with Crippen molar-refractivity contribution >= 4 is 9.84 Å². The minimum Gasteiger partial charge on any atom is -0.393 e. The Morgan fingerprint density at radius 1 is 1.26 bits per heavy atom. The normalized spacial score (nSPS) is 23.4. The molecule has 1 fully saturated rings. The van der Waals surface area contributed by atoms with Crippen LogP contribution in [0, 0.1) is 17.6 Å². The van der Waals surface area contributed by atoms with Crippen molar-refractivity contribution in [3.8, 4) is 0 Å². The predicted octanol–water partition coefficient (Wildman–Crippen LogP) is 1.69. The van der Waals surface area contributed by atoms with Gasteiger partial charge in [0.2, 0.25) is 0 Å². The average Bonchev–Trinajstić information content (AvgIpc) is 2.55. The Bertz CT molecular complexity index is 537. The molecule has 3 nitrogen and oxygen atoms in total. The van der Waals surface area contributed by atoms with Crippen molar-refractivity contribution in [2.45, 2.75) is 25.4 Å². The van der Waals surface area contributed by atoms with Crippen LogP contribution in [0.1, 0.15) is 18.4 Å². The van der Waals surface area contributed by atoms with Crippen LogP contribution in [0.5, 0.6) is 0 Å². The zero-order valence-electron chi connectivity index (χ0n) is 10.4. The lowest BCUT2D eigenvalue weighted by molar-refractivity contribution is 0.146. The summed E-state index contributed by atoms with van der Waals surface area (Å²) in [5, 5.41) is 9.88. The summed E-state index contributed by atoms with van der Waals surface area (Å²) >= 11 is 0. The Hall–Kier alpha value is -1.01. The fourth-order valence-electron chi connectivity index (χ4n) is 2.53. The molecule has 2 atom stereocenters. The molecule has 0 aromatic heterocycles. The van der Waals surface area contributed by atoms with Gasteiger partial charge in [-0.05, 0) is 42.9 Å². The lowest BCUT2D eigenvalue weighted by Gasteiger charge is -2.14. The number of aliphatic hydroxyl groups excluding tert-OH is 1. The molecule has 1 heterocycles. The van der Waals surface area contributed by atoms with Crippen molar-refractivity contribution in [1.29, 1.82) is 0 Å². The molecule has 0 amide bonds. The van der Waals surface area contributed by atoms with Crippen molar-refractivity contribution in [3.05, 3.63) is 35.4 Å². The molecule has 1 aliphatic rings. The van der Waals surface area contributed by atoms with E-state index in [9.17, 15) is 22.3 Å². The first kappa shape index (κ1) is 14.4. The van der Waals surface area contributed by atoms with Gasteiger partial charge < -0.3 is 5.11 Å². The van der Waals surface area contributed by atoms with Gasteiger partial charge in [-0.25, -0.2) is 17.2 Å². The van der Waals surface area contributed by atoms with Crippen molar-refractivity contribution < 1.29 is 22.3 Å². The van der Waals surface area contributed by atoms with E-state index in [1.54, 1.807) is 0 Å². The summed E-state index contributed by atoms with van der Waals surface area (Å²) in [5.41, 5.74) is 0.380. The van der Waals surface area contributed by atoms with Gasteiger partial charge in [0.05, 0.1) is 17.6 Å². The summed E-state index contributed by atoms with van der Waals surface area (Å²) in [6.07, 6.45) is 0.249. The van der Waals surface area contributed by atoms with Gasteiger partial charge in [-0.1, -0.05) is 0 Å². The molecule has 0 spiro atoms. The van der Waals surface area contributed by atoms with Crippen molar-refractivity contribution in [3.63, 3.8) is 0 Å². The highest BCUT2D eigenvalue weighted by atomic mass is 32.2. The highest BCUT2D eigenvalue weighted by molar-refractivity contribution is 7.91. The van der Waals surface area contributed by atoms with Crippen LogP contribution in [-0.2, 0) is 16.3 Å². The fourth-order valence-corrected chi connectivity index (χ4v) is 4.41. The summed E-state index contributed by atoms with van der Waals surface area (Å²) in [5.74, 6) is -1.14. The van der Waals surface area contributed by atoms with Gasteiger partial charge in [-0.2, -0.15) is 0 Å². The summed E-state index contributed by atoms with van der Waals surface area (Å²) in [7, 11) is -2.96. The van der Waals surface area contributed by atoms with Gasteiger partial charge >= 0.3 is 0 Å². The quantitative estimate of drug-likeness (QED) is 0.918. The largest absolute Gasteiger partial charge is 0.393 e. The Labute approximate surface area is 111 Å². The Balaban J connectivity index is 1.92. The molecular formula is C13H16F2O3S. The summed E-state index contributed by atoms with van der Waals surface area (Å²) in [6, 6.07) is 3.13. The van der Waals surface area contributed by atoms with Gasteiger partial charge in [-0.15, -0.1) is 0 Å². The first-order valence-electron chi connectivity index (χ1n) is 6.17. The zero-order chi connectivity index (χ0) is 14.0. The summed E-state index contributed by atoms with van der Waals surface area (Å²) < 4.78 is 48.5. The number of halogens is 2. The molecule has 19 heavy (non-hydrogen) atoms. The third kappa shape index (κ3) is 4.24. The van der Waals surface area contributed by atoms with Crippen molar-refractivity contribution in [2.24, 2.45) is 5.92 Å². The van der Waals surface area contributed by atoms with E-state index < -0.39 is 27.6 Å². The van der Waals surface area contributed by atoms with Crippen molar-refractivity contribution in [1.82, 2.24) is 0 Å². The maximum absolute atomic E-state index is 13.0. The van der Waals surface area contributed by atoms with Gasteiger partial charge in [0.15, 0.2) is 9.84 Å². The van der Waals surface area contributed by atoms with Crippen LogP contribution in [0.25, 0.3) is 0 Å². The molecule has 106 valence electrons. The smallest absolute Gasteiger partial charge is 0.150 e. The predicted molar refractivity (Wildman–Crippen MR) is 67.4 cm³/mol. The minimum atomic E-state index is -2.96. The number of rotatable bonds is 4.